The molecule has 0 spiro atoms. The number of aryl methyl sites for hydroxylation is 1. The van der Waals surface area contributed by atoms with Gasteiger partial charge in [-0.25, -0.2) is 9.59 Å². The molecule has 0 atom stereocenters. The highest BCUT2D eigenvalue weighted by Gasteiger charge is 2.20. The van der Waals surface area contributed by atoms with E-state index in [0.29, 0.717) is 5.56 Å². The number of carbonyl (C=O) groups is 2. The van der Waals surface area contributed by atoms with Gasteiger partial charge < -0.3 is 15.3 Å². The Morgan fingerprint density at radius 2 is 1.63 bits per heavy atom. The Bertz CT molecular complexity index is 1350. The van der Waals surface area contributed by atoms with Crippen LogP contribution in [0.4, 0.5) is 11.4 Å². The fraction of sp³-hybridized carbons (Fsp3) is 0.0526. The first-order chi connectivity index (χ1) is 14.0. The van der Waals surface area contributed by atoms with Gasteiger partial charge >= 0.3 is 11.9 Å². The van der Waals surface area contributed by atoms with Crippen molar-refractivity contribution < 1.29 is 37.9 Å². The first-order valence-electron chi connectivity index (χ1n) is 8.25. The maximum atomic E-state index is 11.6. The Labute approximate surface area is 169 Å². The van der Waals surface area contributed by atoms with E-state index in [2.05, 4.69) is 10.2 Å². The second-order valence-electron chi connectivity index (χ2n) is 6.31. The lowest BCUT2D eigenvalue weighted by atomic mass is 10.0. The third-order valence-corrected chi connectivity index (χ3v) is 5.10. The average molecular weight is 430 g/mol. The van der Waals surface area contributed by atoms with Gasteiger partial charge in [0.15, 0.2) is 5.75 Å². The third kappa shape index (κ3) is 3.97. The van der Waals surface area contributed by atoms with Crippen LogP contribution in [0.5, 0.6) is 5.75 Å². The summed E-state index contributed by atoms with van der Waals surface area (Å²) in [6, 6.07) is 8.83. The molecule has 0 fully saturated rings. The molecule has 0 amide bonds. The Kier molecular flexibility index (Phi) is 5.25. The summed E-state index contributed by atoms with van der Waals surface area (Å²) in [4.78, 5) is 22.2. The number of hydrogen-bond donors (Lipinski definition) is 4. The smallest absolute Gasteiger partial charge is 0.339 e. The normalized spacial score (nSPS) is 11.8. The van der Waals surface area contributed by atoms with E-state index in [4.69, 9.17) is 5.11 Å². The average Bonchev–Trinajstić information content (AvgIpc) is 2.66. The zero-order chi connectivity index (χ0) is 22.2. The highest BCUT2D eigenvalue weighted by molar-refractivity contribution is 7.86. The number of carboxylic acids is 2. The van der Waals surface area contributed by atoms with Crippen LogP contribution in [-0.2, 0) is 10.1 Å². The molecule has 3 rings (SSSR count). The van der Waals surface area contributed by atoms with Crippen molar-refractivity contribution in [2.75, 3.05) is 0 Å². The zero-order valence-electron chi connectivity index (χ0n) is 15.3. The third-order valence-electron chi connectivity index (χ3n) is 4.21. The molecule has 30 heavy (non-hydrogen) atoms. The number of fused-ring (bicyclic) bond motifs is 1. The summed E-state index contributed by atoms with van der Waals surface area (Å²) >= 11 is 0. The van der Waals surface area contributed by atoms with Crippen molar-refractivity contribution in [3.05, 3.63) is 59.2 Å². The number of carboxylic acid groups (broad SMARTS) is 2. The Balaban J connectivity index is 2.27. The number of rotatable bonds is 5. The minimum Gasteiger partial charge on any atom is -0.505 e. The van der Waals surface area contributed by atoms with Gasteiger partial charge in [-0.15, -0.1) is 10.2 Å². The lowest BCUT2D eigenvalue weighted by molar-refractivity contribution is 0.0685. The van der Waals surface area contributed by atoms with E-state index in [1.807, 2.05) is 0 Å². The molecule has 10 nitrogen and oxygen atoms in total. The molecule has 0 unspecified atom stereocenters. The Hall–Kier alpha value is -3.83. The van der Waals surface area contributed by atoms with Gasteiger partial charge in [0.05, 0.1) is 5.56 Å². The van der Waals surface area contributed by atoms with Crippen molar-refractivity contribution in [1.82, 2.24) is 0 Å². The van der Waals surface area contributed by atoms with E-state index in [-0.39, 0.29) is 27.7 Å². The molecule has 0 aliphatic carbocycles. The summed E-state index contributed by atoms with van der Waals surface area (Å²) in [6.07, 6.45) is 0. The predicted octanol–water partition coefficient (Wildman–Crippen LogP) is 3.91. The van der Waals surface area contributed by atoms with Crippen LogP contribution in [-0.4, -0.2) is 40.2 Å². The topological polar surface area (TPSA) is 174 Å². The number of phenols is 1. The van der Waals surface area contributed by atoms with Crippen LogP contribution in [0, 0.1) is 6.92 Å². The zero-order valence-corrected chi connectivity index (χ0v) is 16.1. The van der Waals surface area contributed by atoms with Gasteiger partial charge in [0.25, 0.3) is 10.1 Å². The van der Waals surface area contributed by atoms with E-state index in [9.17, 15) is 32.8 Å². The quantitative estimate of drug-likeness (QED) is 0.348. The summed E-state index contributed by atoms with van der Waals surface area (Å²) in [5.41, 5.74) is -0.663. The van der Waals surface area contributed by atoms with Crippen LogP contribution >= 0.6 is 0 Å². The summed E-state index contributed by atoms with van der Waals surface area (Å²) in [5, 5.41) is 36.8. The SMILES string of the molecule is Cc1ccc(N=Nc2c(O)c(C(=O)O)cc3cc(C(=O)O)ccc23)c(S(=O)(=O)O)c1. The van der Waals surface area contributed by atoms with Crippen molar-refractivity contribution in [1.29, 1.82) is 0 Å². The molecule has 11 heteroatoms. The summed E-state index contributed by atoms with van der Waals surface area (Å²) in [7, 11) is -4.63. The Morgan fingerprint density at radius 1 is 0.933 bits per heavy atom. The van der Waals surface area contributed by atoms with Crippen LogP contribution in [0.2, 0.25) is 0 Å². The molecule has 3 aromatic rings. The van der Waals surface area contributed by atoms with E-state index in [0.717, 1.165) is 6.07 Å². The summed E-state index contributed by atoms with van der Waals surface area (Å²) < 4.78 is 32.6. The number of aromatic carboxylic acids is 2. The predicted molar refractivity (Wildman–Crippen MR) is 105 cm³/mol. The van der Waals surface area contributed by atoms with Crippen molar-refractivity contribution in [2.24, 2.45) is 10.2 Å². The molecule has 0 heterocycles. The van der Waals surface area contributed by atoms with Crippen molar-refractivity contribution in [3.63, 3.8) is 0 Å². The second kappa shape index (κ2) is 7.54. The van der Waals surface area contributed by atoms with Crippen LogP contribution in [0.15, 0.2) is 57.6 Å². The number of hydrogen-bond acceptors (Lipinski definition) is 7. The van der Waals surface area contributed by atoms with Gasteiger partial charge in [0.1, 0.15) is 21.8 Å². The van der Waals surface area contributed by atoms with Crippen LogP contribution in [0.25, 0.3) is 10.8 Å². The molecular weight excluding hydrogens is 416 g/mol. The van der Waals surface area contributed by atoms with Crippen LogP contribution in [0.3, 0.4) is 0 Å². The standard InChI is InChI=1S/C19H14N2O8S/c1-9-2-5-14(15(6-9)30(27,28)29)20-21-16-12-4-3-10(18(23)24)7-11(12)8-13(17(16)22)19(25)26/h2-8,22H,1H3,(H,23,24)(H,25,26)(H,27,28,29). The van der Waals surface area contributed by atoms with Gasteiger partial charge in [-0.05, 0) is 48.2 Å². The monoisotopic (exact) mass is 430 g/mol. The van der Waals surface area contributed by atoms with E-state index in [1.54, 1.807) is 6.92 Å². The molecular formula is C19H14N2O8S. The molecule has 3 aromatic carbocycles. The number of nitrogens with zero attached hydrogens (tertiary/aromatic N) is 2. The van der Waals surface area contributed by atoms with Gasteiger partial charge in [-0.3, -0.25) is 4.55 Å². The van der Waals surface area contributed by atoms with Gasteiger partial charge in [0, 0.05) is 5.39 Å². The number of aromatic hydroxyl groups is 1. The van der Waals surface area contributed by atoms with Crippen LogP contribution in [0.1, 0.15) is 26.3 Å². The molecule has 0 saturated carbocycles. The van der Waals surface area contributed by atoms with E-state index >= 15 is 0 Å². The minimum absolute atomic E-state index is 0.111. The van der Waals surface area contributed by atoms with Gasteiger partial charge in [-0.1, -0.05) is 12.1 Å². The summed E-state index contributed by atoms with van der Waals surface area (Å²) in [5.74, 6) is -3.45. The molecule has 0 aromatic heterocycles. The molecule has 154 valence electrons. The maximum absolute atomic E-state index is 11.6. The first kappa shape index (κ1) is 20.9. The largest absolute Gasteiger partial charge is 0.505 e. The number of benzene rings is 3. The van der Waals surface area contributed by atoms with Gasteiger partial charge in [-0.2, -0.15) is 8.42 Å². The Morgan fingerprint density at radius 3 is 2.23 bits per heavy atom. The lowest BCUT2D eigenvalue weighted by Gasteiger charge is -2.09. The molecule has 0 radical (unpaired) electrons. The fourth-order valence-electron chi connectivity index (χ4n) is 2.79. The van der Waals surface area contributed by atoms with Crippen molar-refractivity contribution in [2.45, 2.75) is 11.8 Å². The lowest BCUT2D eigenvalue weighted by Crippen LogP contribution is -1.99. The summed E-state index contributed by atoms with van der Waals surface area (Å²) in [6.45, 7) is 1.60. The highest BCUT2D eigenvalue weighted by atomic mass is 32.2. The molecule has 0 bridgehead atoms. The minimum atomic E-state index is -4.63. The van der Waals surface area contributed by atoms with E-state index < -0.39 is 38.3 Å². The molecule has 4 N–H and O–H groups in total. The van der Waals surface area contributed by atoms with Crippen molar-refractivity contribution in [3.8, 4) is 5.75 Å². The first-order valence-corrected chi connectivity index (χ1v) is 9.69. The van der Waals surface area contributed by atoms with Crippen molar-refractivity contribution >= 4 is 44.2 Å². The molecule has 0 aliphatic heterocycles. The molecule has 0 saturated heterocycles. The van der Waals surface area contributed by atoms with Crippen LogP contribution < -0.4 is 0 Å². The van der Waals surface area contributed by atoms with Gasteiger partial charge in [0.2, 0.25) is 0 Å². The fourth-order valence-corrected chi connectivity index (χ4v) is 3.50. The second-order valence-corrected chi connectivity index (χ2v) is 7.70. The molecule has 0 aliphatic rings. The maximum Gasteiger partial charge on any atom is 0.339 e. The highest BCUT2D eigenvalue weighted by Crippen LogP contribution is 2.40. The van der Waals surface area contributed by atoms with E-state index in [1.165, 1.54) is 36.4 Å². The number of azo groups is 1.